The van der Waals surface area contributed by atoms with E-state index in [1.165, 1.54) is 25.7 Å². The second kappa shape index (κ2) is 3.30. The first-order valence-corrected chi connectivity index (χ1v) is 5.70. The zero-order valence-corrected chi connectivity index (χ0v) is 8.65. The Morgan fingerprint density at radius 3 is 2.33 bits per heavy atom. The van der Waals surface area contributed by atoms with Crippen LogP contribution in [0.25, 0.3) is 0 Å². The Kier molecular flexibility index (Phi) is 2.06. The van der Waals surface area contributed by atoms with Crippen molar-refractivity contribution in [3.8, 4) is 0 Å². The van der Waals surface area contributed by atoms with Crippen molar-refractivity contribution >= 4 is 11.9 Å². The lowest BCUT2D eigenvalue weighted by atomic mass is 9.94. The summed E-state index contributed by atoms with van der Waals surface area (Å²) in [6, 6.07) is 0.459. The monoisotopic (exact) mass is 209 g/mol. The summed E-state index contributed by atoms with van der Waals surface area (Å²) in [7, 11) is 0. The van der Waals surface area contributed by atoms with E-state index in [0.717, 1.165) is 5.92 Å². The van der Waals surface area contributed by atoms with Gasteiger partial charge in [-0.05, 0) is 31.1 Å². The largest absolute Gasteiger partial charge is 0.391 e. The van der Waals surface area contributed by atoms with E-state index in [9.17, 15) is 9.59 Å². The van der Waals surface area contributed by atoms with Crippen molar-refractivity contribution in [1.82, 2.24) is 4.90 Å². The van der Waals surface area contributed by atoms with Gasteiger partial charge < -0.3 is 4.74 Å². The van der Waals surface area contributed by atoms with E-state index in [1.807, 2.05) is 4.90 Å². The molecule has 0 aromatic rings. The summed E-state index contributed by atoms with van der Waals surface area (Å²) in [4.78, 5) is 24.3. The molecule has 3 unspecified atom stereocenters. The molecule has 0 spiro atoms. The zero-order valence-electron chi connectivity index (χ0n) is 8.65. The lowest BCUT2D eigenvalue weighted by Gasteiger charge is -2.34. The van der Waals surface area contributed by atoms with Crippen molar-refractivity contribution in [3.05, 3.63) is 0 Å². The molecule has 2 bridgehead atoms. The van der Waals surface area contributed by atoms with Gasteiger partial charge in [-0.15, -0.1) is 0 Å². The van der Waals surface area contributed by atoms with Gasteiger partial charge in [-0.1, -0.05) is 6.42 Å². The Balaban J connectivity index is 1.71. The lowest BCUT2D eigenvalue weighted by molar-refractivity contribution is -0.168. The predicted molar refractivity (Wildman–Crippen MR) is 51.9 cm³/mol. The highest BCUT2D eigenvalue weighted by molar-refractivity contribution is 5.90. The number of morpholine rings is 1. The van der Waals surface area contributed by atoms with Crippen LogP contribution in [0.15, 0.2) is 0 Å². The van der Waals surface area contributed by atoms with E-state index < -0.39 is 0 Å². The summed E-state index contributed by atoms with van der Waals surface area (Å²) in [6.45, 7) is 0.610. The van der Waals surface area contributed by atoms with E-state index in [4.69, 9.17) is 0 Å². The normalized spacial score (nSPS) is 40.9. The molecule has 1 aliphatic heterocycles. The SMILES string of the molecule is O=C1CN(C2CC3CCC2C3)CC(=O)O1. The first-order chi connectivity index (χ1) is 7.22. The minimum absolute atomic E-state index is 0.305. The van der Waals surface area contributed by atoms with Gasteiger partial charge in [-0.25, -0.2) is 0 Å². The fourth-order valence-electron chi connectivity index (χ4n) is 3.47. The van der Waals surface area contributed by atoms with Crippen LogP contribution in [0.3, 0.4) is 0 Å². The maximum atomic E-state index is 11.2. The van der Waals surface area contributed by atoms with Crippen molar-refractivity contribution in [2.24, 2.45) is 11.8 Å². The molecule has 1 saturated heterocycles. The van der Waals surface area contributed by atoms with Gasteiger partial charge in [0.05, 0.1) is 13.1 Å². The molecule has 3 rings (SSSR count). The van der Waals surface area contributed by atoms with Gasteiger partial charge in [0.2, 0.25) is 0 Å². The summed E-state index contributed by atoms with van der Waals surface area (Å²) in [5.41, 5.74) is 0. The topological polar surface area (TPSA) is 46.6 Å². The van der Waals surface area contributed by atoms with E-state index in [1.54, 1.807) is 0 Å². The van der Waals surface area contributed by atoms with E-state index in [0.29, 0.717) is 25.0 Å². The molecule has 0 aromatic carbocycles. The number of fused-ring (bicyclic) bond motifs is 2. The van der Waals surface area contributed by atoms with Gasteiger partial charge in [-0.2, -0.15) is 0 Å². The molecule has 2 aliphatic carbocycles. The Morgan fingerprint density at radius 1 is 1.07 bits per heavy atom. The molecule has 0 amide bonds. The van der Waals surface area contributed by atoms with Gasteiger partial charge >= 0.3 is 11.9 Å². The van der Waals surface area contributed by atoms with Crippen molar-refractivity contribution in [2.45, 2.75) is 31.7 Å². The molecule has 2 saturated carbocycles. The molecule has 0 aromatic heterocycles. The number of carbonyl (C=O) groups excluding carboxylic acids is 2. The smallest absolute Gasteiger partial charge is 0.327 e. The summed E-state index contributed by atoms with van der Waals surface area (Å²) in [5, 5.41) is 0. The van der Waals surface area contributed by atoms with Gasteiger partial charge in [0.15, 0.2) is 0 Å². The number of hydrogen-bond acceptors (Lipinski definition) is 4. The molecule has 3 aliphatic rings. The Hall–Kier alpha value is -0.900. The summed E-state index contributed by atoms with van der Waals surface area (Å²) >= 11 is 0. The third kappa shape index (κ3) is 1.57. The number of cyclic esters (lactones) is 2. The highest BCUT2D eigenvalue weighted by Crippen LogP contribution is 2.46. The zero-order chi connectivity index (χ0) is 10.4. The average molecular weight is 209 g/mol. The van der Waals surface area contributed by atoms with Crippen molar-refractivity contribution < 1.29 is 14.3 Å². The fraction of sp³-hybridized carbons (Fsp3) is 0.818. The maximum Gasteiger partial charge on any atom is 0.327 e. The number of hydrogen-bond donors (Lipinski definition) is 0. The Morgan fingerprint density at radius 2 is 1.80 bits per heavy atom. The second-order valence-corrected chi connectivity index (χ2v) is 4.99. The first-order valence-electron chi connectivity index (χ1n) is 5.70. The molecule has 3 fully saturated rings. The molecule has 1 heterocycles. The van der Waals surface area contributed by atoms with Gasteiger partial charge in [0.1, 0.15) is 0 Å². The molecule has 0 N–H and O–H groups in total. The summed E-state index contributed by atoms with van der Waals surface area (Å²) in [5.74, 6) is 0.796. The van der Waals surface area contributed by atoms with Gasteiger partial charge in [0.25, 0.3) is 0 Å². The van der Waals surface area contributed by atoms with Crippen molar-refractivity contribution in [2.75, 3.05) is 13.1 Å². The number of esters is 2. The molecule has 4 nitrogen and oxygen atoms in total. The highest BCUT2D eigenvalue weighted by Gasteiger charge is 2.44. The van der Waals surface area contributed by atoms with Crippen LogP contribution in [-0.2, 0) is 14.3 Å². The highest BCUT2D eigenvalue weighted by atomic mass is 16.6. The van der Waals surface area contributed by atoms with Crippen LogP contribution in [0.2, 0.25) is 0 Å². The second-order valence-electron chi connectivity index (χ2n) is 4.99. The molecular weight excluding hydrogens is 194 g/mol. The average Bonchev–Trinajstić information content (AvgIpc) is 2.76. The third-order valence-electron chi connectivity index (χ3n) is 4.06. The number of ether oxygens (including phenoxy) is 1. The minimum Gasteiger partial charge on any atom is -0.391 e. The van der Waals surface area contributed by atoms with Crippen LogP contribution in [0, 0.1) is 11.8 Å². The number of carbonyl (C=O) groups is 2. The van der Waals surface area contributed by atoms with E-state index >= 15 is 0 Å². The number of nitrogens with zero attached hydrogens (tertiary/aromatic N) is 1. The van der Waals surface area contributed by atoms with Crippen LogP contribution in [-0.4, -0.2) is 36.0 Å². The van der Waals surface area contributed by atoms with Crippen LogP contribution in [0.1, 0.15) is 25.7 Å². The van der Waals surface area contributed by atoms with Crippen molar-refractivity contribution in [1.29, 1.82) is 0 Å². The van der Waals surface area contributed by atoms with E-state index in [-0.39, 0.29) is 11.9 Å². The minimum atomic E-state index is -0.381. The molecule has 3 atom stereocenters. The summed E-state index contributed by atoms with van der Waals surface area (Å²) < 4.78 is 4.54. The predicted octanol–water partition coefficient (Wildman–Crippen LogP) is 0.560. The van der Waals surface area contributed by atoms with Gasteiger partial charge in [-0.3, -0.25) is 14.5 Å². The standard InChI is InChI=1S/C11H15NO3/c13-10-5-12(6-11(14)15-10)9-4-7-1-2-8(9)3-7/h7-9H,1-6H2. The third-order valence-corrected chi connectivity index (χ3v) is 4.06. The van der Waals surface area contributed by atoms with Crippen molar-refractivity contribution in [3.63, 3.8) is 0 Å². The van der Waals surface area contributed by atoms with Crippen LogP contribution in [0.5, 0.6) is 0 Å². The van der Waals surface area contributed by atoms with Crippen LogP contribution < -0.4 is 0 Å². The lowest BCUT2D eigenvalue weighted by Crippen LogP contribution is -2.49. The first kappa shape index (κ1) is 9.33. The fourth-order valence-corrected chi connectivity index (χ4v) is 3.47. The Labute approximate surface area is 88.6 Å². The Bertz CT molecular complexity index is 299. The van der Waals surface area contributed by atoms with Crippen LogP contribution >= 0.6 is 0 Å². The molecule has 4 heteroatoms. The molecule has 0 radical (unpaired) electrons. The van der Waals surface area contributed by atoms with Crippen LogP contribution in [0.4, 0.5) is 0 Å². The van der Waals surface area contributed by atoms with Gasteiger partial charge in [0, 0.05) is 6.04 Å². The maximum absolute atomic E-state index is 11.2. The van der Waals surface area contributed by atoms with E-state index in [2.05, 4.69) is 4.74 Å². The molecular formula is C11H15NO3. The number of rotatable bonds is 1. The molecule has 82 valence electrons. The molecule has 15 heavy (non-hydrogen) atoms. The summed E-state index contributed by atoms with van der Waals surface area (Å²) in [6.07, 6.45) is 5.08. The quantitative estimate of drug-likeness (QED) is 0.467.